The van der Waals surface area contributed by atoms with Gasteiger partial charge >= 0.3 is 0 Å². The molecule has 5 N–H and O–H groups in total. The number of para-hydroxylation sites is 2. The molecule has 4 aromatic rings. The number of hydrogen-bond acceptors (Lipinski definition) is 7. The minimum absolute atomic E-state index is 0.0470. The van der Waals surface area contributed by atoms with E-state index >= 15 is 0 Å². The van der Waals surface area contributed by atoms with Gasteiger partial charge in [-0.15, -0.1) is 0 Å². The maximum atomic E-state index is 12.7. The molecule has 1 aliphatic rings. The minimum Gasteiger partial charge on any atom is -0.397 e. The van der Waals surface area contributed by atoms with Gasteiger partial charge in [0.05, 0.1) is 43.1 Å². The highest BCUT2D eigenvalue weighted by molar-refractivity contribution is 6.40. The second-order valence-corrected chi connectivity index (χ2v) is 11.2. The molecule has 1 aliphatic heterocycles. The maximum absolute atomic E-state index is 12.7. The van der Waals surface area contributed by atoms with Crippen molar-refractivity contribution in [2.75, 3.05) is 16.4 Å². The summed E-state index contributed by atoms with van der Waals surface area (Å²) in [5, 5.41) is 15.7. The first-order valence-electron chi connectivity index (χ1n) is 14.2. The van der Waals surface area contributed by atoms with E-state index in [0.717, 1.165) is 16.7 Å². The molecule has 2 amide bonds. The summed E-state index contributed by atoms with van der Waals surface area (Å²) in [5.74, 6) is -0.426. The second kappa shape index (κ2) is 14.7. The number of aliphatic hydroxyl groups is 1. The largest absolute Gasteiger partial charge is 0.397 e. The summed E-state index contributed by atoms with van der Waals surface area (Å²) in [4.78, 5) is 29.1. The number of imidazole rings is 1. The minimum atomic E-state index is -0.736. The summed E-state index contributed by atoms with van der Waals surface area (Å²) in [5.41, 5.74) is 9.96. The summed E-state index contributed by atoms with van der Waals surface area (Å²) in [6.07, 6.45) is 1.50. The third-order valence-corrected chi connectivity index (χ3v) is 8.00. The summed E-state index contributed by atoms with van der Waals surface area (Å²) in [6.45, 7) is 0.360. The van der Waals surface area contributed by atoms with E-state index in [1.165, 1.54) is 0 Å². The van der Waals surface area contributed by atoms with Crippen molar-refractivity contribution in [3.63, 3.8) is 0 Å². The molecule has 0 saturated carbocycles. The zero-order chi connectivity index (χ0) is 31.1. The number of nitrogens with one attached hydrogen (secondary N) is 2. The van der Waals surface area contributed by atoms with Crippen LogP contribution in [0.4, 0.5) is 17.1 Å². The smallest absolute Gasteiger partial charge is 0.224 e. The van der Waals surface area contributed by atoms with E-state index in [0.29, 0.717) is 41.6 Å². The Morgan fingerprint density at radius 2 is 1.70 bits per heavy atom. The Labute approximate surface area is 265 Å². The van der Waals surface area contributed by atoms with Crippen molar-refractivity contribution in [2.45, 2.75) is 57.3 Å². The van der Waals surface area contributed by atoms with Crippen LogP contribution in [0.2, 0.25) is 10.3 Å². The molecule has 44 heavy (non-hydrogen) atoms. The first-order valence-corrected chi connectivity index (χ1v) is 15.0. The van der Waals surface area contributed by atoms with Crippen molar-refractivity contribution < 1.29 is 24.2 Å². The van der Waals surface area contributed by atoms with Crippen molar-refractivity contribution in [3.05, 3.63) is 106 Å². The molecule has 12 heteroatoms. The van der Waals surface area contributed by atoms with Crippen LogP contribution in [-0.4, -0.2) is 32.6 Å². The van der Waals surface area contributed by atoms with Crippen molar-refractivity contribution in [2.24, 2.45) is 0 Å². The number of halogens is 2. The molecule has 1 fully saturated rings. The number of aromatic nitrogens is 2. The zero-order valence-corrected chi connectivity index (χ0v) is 25.3. The summed E-state index contributed by atoms with van der Waals surface area (Å²) in [7, 11) is 0. The van der Waals surface area contributed by atoms with Crippen LogP contribution in [0.25, 0.3) is 0 Å². The highest BCUT2D eigenvalue weighted by Crippen LogP contribution is 2.39. The SMILES string of the molecule is Nc1ccccc1NC(=O)CCCC(=O)Nc1cccc(C2OC(Cn3cnc(Cl)c3Cl)CC(c3ccc(CO)cc3)O2)c1. The normalized spacial score (nSPS) is 18.1. The van der Waals surface area contributed by atoms with Crippen molar-refractivity contribution in [3.8, 4) is 0 Å². The number of hydrogen-bond donors (Lipinski definition) is 4. The van der Waals surface area contributed by atoms with E-state index in [1.54, 1.807) is 41.2 Å². The molecule has 230 valence electrons. The highest BCUT2D eigenvalue weighted by atomic mass is 35.5. The maximum Gasteiger partial charge on any atom is 0.224 e. The third-order valence-electron chi connectivity index (χ3n) is 7.23. The number of ether oxygens (including phenoxy) is 2. The van der Waals surface area contributed by atoms with Crippen LogP contribution in [0.1, 0.15) is 54.8 Å². The van der Waals surface area contributed by atoms with Crippen LogP contribution in [0.5, 0.6) is 0 Å². The van der Waals surface area contributed by atoms with Gasteiger partial charge in [0.25, 0.3) is 0 Å². The van der Waals surface area contributed by atoms with Crippen molar-refractivity contribution >= 4 is 52.1 Å². The van der Waals surface area contributed by atoms with E-state index in [4.69, 9.17) is 38.4 Å². The molecular weight excluding hydrogens is 605 g/mol. The Bertz CT molecular complexity index is 1600. The van der Waals surface area contributed by atoms with Gasteiger partial charge in [-0.25, -0.2) is 4.98 Å². The van der Waals surface area contributed by atoms with E-state index < -0.39 is 6.29 Å². The summed E-state index contributed by atoms with van der Waals surface area (Å²) in [6, 6.07) is 21.9. The Hall–Kier alpha value is -3.93. The average Bonchev–Trinajstić information content (AvgIpc) is 3.34. The van der Waals surface area contributed by atoms with E-state index in [1.807, 2.05) is 42.5 Å². The van der Waals surface area contributed by atoms with Gasteiger partial charge in [0, 0.05) is 30.5 Å². The number of anilines is 3. The molecule has 3 atom stereocenters. The topological polar surface area (TPSA) is 141 Å². The number of nitrogen functional groups attached to an aromatic ring is 1. The van der Waals surface area contributed by atoms with Crippen LogP contribution in [0.15, 0.2) is 79.1 Å². The molecule has 0 spiro atoms. The van der Waals surface area contributed by atoms with Crippen LogP contribution < -0.4 is 16.4 Å². The van der Waals surface area contributed by atoms with Gasteiger partial charge in [-0.2, -0.15) is 0 Å². The van der Waals surface area contributed by atoms with Gasteiger partial charge in [0.15, 0.2) is 11.4 Å². The van der Waals surface area contributed by atoms with Crippen LogP contribution >= 0.6 is 23.2 Å². The molecule has 1 saturated heterocycles. The summed E-state index contributed by atoms with van der Waals surface area (Å²) < 4.78 is 14.5. The summed E-state index contributed by atoms with van der Waals surface area (Å²) >= 11 is 12.4. The lowest BCUT2D eigenvalue weighted by Gasteiger charge is -2.36. The fourth-order valence-corrected chi connectivity index (χ4v) is 5.26. The molecule has 0 radical (unpaired) electrons. The molecule has 3 unspecified atom stereocenters. The van der Waals surface area contributed by atoms with Gasteiger partial charge in [-0.1, -0.05) is 71.7 Å². The van der Waals surface area contributed by atoms with Gasteiger partial charge in [0.1, 0.15) is 5.15 Å². The lowest BCUT2D eigenvalue weighted by molar-refractivity contribution is -0.252. The second-order valence-electron chi connectivity index (χ2n) is 10.5. The molecule has 0 bridgehead atoms. The van der Waals surface area contributed by atoms with E-state index in [9.17, 15) is 14.7 Å². The quantitative estimate of drug-likeness (QED) is 0.142. The number of amides is 2. The molecule has 5 rings (SSSR count). The fourth-order valence-electron chi connectivity index (χ4n) is 4.94. The third kappa shape index (κ3) is 8.16. The number of carbonyl (C=O) groups excluding carboxylic acids is 2. The Kier molecular flexibility index (Phi) is 10.5. The molecule has 0 aliphatic carbocycles. The number of nitrogens with two attached hydrogens (primary N) is 1. The standard InChI is InChI=1S/C32H33Cl2N5O5/c33-30-31(34)39(19-36-30)17-24-16-27(21-13-11-20(18-40)12-14-21)44-32(43-24)22-5-3-6-23(15-22)37-28(41)9-4-10-29(42)38-26-8-2-1-7-25(26)35/h1-3,5-8,11-15,19,24,27,32,40H,4,9-10,16-18,35H2,(H,37,41)(H,38,42). The van der Waals surface area contributed by atoms with Crippen molar-refractivity contribution in [1.82, 2.24) is 9.55 Å². The molecule has 3 aromatic carbocycles. The lowest BCUT2D eigenvalue weighted by Crippen LogP contribution is -2.32. The van der Waals surface area contributed by atoms with E-state index in [-0.39, 0.29) is 48.6 Å². The predicted molar refractivity (Wildman–Crippen MR) is 169 cm³/mol. The molecule has 10 nitrogen and oxygen atoms in total. The number of nitrogens with zero attached hydrogens (tertiary/aromatic N) is 2. The fraction of sp³-hybridized carbons (Fsp3) is 0.281. The van der Waals surface area contributed by atoms with Gasteiger partial charge < -0.3 is 35.5 Å². The van der Waals surface area contributed by atoms with Crippen molar-refractivity contribution in [1.29, 1.82) is 0 Å². The number of rotatable bonds is 11. The zero-order valence-electron chi connectivity index (χ0n) is 23.8. The highest BCUT2D eigenvalue weighted by Gasteiger charge is 2.33. The lowest BCUT2D eigenvalue weighted by atomic mass is 10.00. The van der Waals surface area contributed by atoms with Gasteiger partial charge in [-0.3, -0.25) is 9.59 Å². The van der Waals surface area contributed by atoms with Crippen LogP contribution in [0, 0.1) is 0 Å². The van der Waals surface area contributed by atoms with Crippen LogP contribution in [0.3, 0.4) is 0 Å². The average molecular weight is 639 g/mol. The molecule has 1 aromatic heterocycles. The van der Waals surface area contributed by atoms with E-state index in [2.05, 4.69) is 15.6 Å². The number of carbonyl (C=O) groups is 2. The first kappa shape index (κ1) is 31.5. The monoisotopic (exact) mass is 637 g/mol. The van der Waals surface area contributed by atoms with Gasteiger partial charge in [-0.05, 0) is 41.8 Å². The van der Waals surface area contributed by atoms with Gasteiger partial charge in [0.2, 0.25) is 11.8 Å². The Morgan fingerprint density at radius 1 is 0.955 bits per heavy atom. The Morgan fingerprint density at radius 3 is 2.41 bits per heavy atom. The number of aliphatic hydroxyl groups excluding tert-OH is 1. The Balaban J connectivity index is 1.22. The first-order chi connectivity index (χ1) is 21.3. The molecular formula is C32H33Cl2N5O5. The van der Waals surface area contributed by atoms with Crippen LogP contribution in [-0.2, 0) is 32.2 Å². The molecule has 2 heterocycles. The predicted octanol–water partition coefficient (Wildman–Crippen LogP) is 6.26. The number of benzene rings is 3.